The van der Waals surface area contributed by atoms with Gasteiger partial charge in [0.2, 0.25) is 0 Å². The molecule has 56 valence electrons. The number of para-hydroxylation sites is 1. The molecule has 1 heterocycles. The van der Waals surface area contributed by atoms with Crippen LogP contribution in [0.25, 0.3) is 0 Å². The minimum absolute atomic E-state index is 0.215. The van der Waals surface area contributed by atoms with E-state index in [0.29, 0.717) is 5.75 Å². The number of hydrogen-bond acceptors (Lipinski definition) is 2. The topological polar surface area (TPSA) is 29.5 Å². The second-order valence-corrected chi connectivity index (χ2v) is 2.46. The first kappa shape index (κ1) is 6.28. The number of fused-ring (bicyclic) bond motifs is 1. The van der Waals surface area contributed by atoms with Crippen molar-refractivity contribution in [1.29, 1.82) is 0 Å². The van der Waals surface area contributed by atoms with Crippen LogP contribution in [0.4, 0.5) is 0 Å². The Hall–Kier alpha value is -1.44. The lowest BCUT2D eigenvalue weighted by Gasteiger charge is -2.11. The molecule has 0 radical (unpaired) electrons. The Kier molecular flexibility index (Phi) is 1.32. The van der Waals surface area contributed by atoms with Gasteiger partial charge in [0.15, 0.2) is 11.5 Å². The summed E-state index contributed by atoms with van der Waals surface area (Å²) in [6.07, 6.45) is 4.35. The van der Waals surface area contributed by atoms with E-state index in [1.807, 2.05) is 18.2 Å². The van der Waals surface area contributed by atoms with Crippen molar-refractivity contribution in [2.75, 3.05) is 0 Å². The van der Waals surface area contributed by atoms with Crippen LogP contribution in [0.1, 0.15) is 5.56 Å². The Morgan fingerprint density at radius 1 is 1.36 bits per heavy atom. The molecule has 0 fully saturated rings. The Morgan fingerprint density at radius 2 is 2.27 bits per heavy atom. The van der Waals surface area contributed by atoms with Gasteiger partial charge in [-0.25, -0.2) is 0 Å². The zero-order valence-electron chi connectivity index (χ0n) is 5.95. The molecule has 0 amide bonds. The van der Waals surface area contributed by atoms with Crippen molar-refractivity contribution < 1.29 is 9.84 Å². The average molecular weight is 148 g/mol. The summed E-state index contributed by atoms with van der Waals surface area (Å²) in [6, 6.07) is 5.38. The summed E-state index contributed by atoms with van der Waals surface area (Å²) in [5.41, 5.74) is 1.03. The predicted octanol–water partition coefficient (Wildman–Crippen LogP) is 1.84. The number of rotatable bonds is 0. The summed E-state index contributed by atoms with van der Waals surface area (Å²) in [7, 11) is 0. The number of phenolic OH excluding ortho intramolecular Hbond substituents is 1. The van der Waals surface area contributed by atoms with Crippen molar-refractivity contribution >= 4 is 0 Å². The highest BCUT2D eigenvalue weighted by Gasteiger charge is 2.09. The van der Waals surface area contributed by atoms with E-state index in [-0.39, 0.29) is 5.75 Å². The molecule has 0 aromatic heterocycles. The van der Waals surface area contributed by atoms with Crippen LogP contribution in [0, 0.1) is 0 Å². The number of ether oxygens (including phenoxy) is 1. The zero-order valence-corrected chi connectivity index (χ0v) is 5.95. The van der Waals surface area contributed by atoms with Crippen LogP contribution in [-0.4, -0.2) is 5.11 Å². The summed E-state index contributed by atoms with van der Waals surface area (Å²) >= 11 is 0. The highest BCUT2D eigenvalue weighted by molar-refractivity contribution is 5.47. The van der Waals surface area contributed by atoms with E-state index < -0.39 is 0 Å². The van der Waals surface area contributed by atoms with Gasteiger partial charge in [0.05, 0.1) is 6.26 Å². The monoisotopic (exact) mass is 148 g/mol. The standard InChI is InChI=1S/C9H8O2/c10-8-5-1-3-7-4-2-6-11-9(7)8/h1-3,5-6,10H,4H2. The van der Waals surface area contributed by atoms with Gasteiger partial charge in [0, 0.05) is 5.56 Å². The second-order valence-electron chi connectivity index (χ2n) is 2.46. The first-order chi connectivity index (χ1) is 5.38. The summed E-state index contributed by atoms with van der Waals surface area (Å²) < 4.78 is 5.12. The fourth-order valence-corrected chi connectivity index (χ4v) is 1.16. The summed E-state index contributed by atoms with van der Waals surface area (Å²) in [6.45, 7) is 0. The lowest BCUT2D eigenvalue weighted by atomic mass is 10.1. The van der Waals surface area contributed by atoms with Crippen LogP contribution >= 0.6 is 0 Å². The summed E-state index contributed by atoms with van der Waals surface area (Å²) in [5, 5.41) is 9.30. The summed E-state index contributed by atoms with van der Waals surface area (Å²) in [4.78, 5) is 0. The Bertz CT molecular complexity index is 302. The van der Waals surface area contributed by atoms with Crippen LogP contribution < -0.4 is 4.74 Å². The SMILES string of the molecule is Oc1cccc2c1OC=CC2. The fraction of sp³-hybridized carbons (Fsp3) is 0.111. The molecule has 0 saturated carbocycles. The average Bonchev–Trinajstić information content (AvgIpc) is 2.06. The molecule has 1 aromatic carbocycles. The first-order valence-electron chi connectivity index (χ1n) is 3.50. The Labute approximate surface area is 64.7 Å². The fourth-order valence-electron chi connectivity index (χ4n) is 1.16. The highest BCUT2D eigenvalue weighted by atomic mass is 16.5. The van der Waals surface area contributed by atoms with Gasteiger partial charge < -0.3 is 9.84 Å². The van der Waals surface area contributed by atoms with E-state index in [1.165, 1.54) is 0 Å². The van der Waals surface area contributed by atoms with E-state index >= 15 is 0 Å². The van der Waals surface area contributed by atoms with Crippen molar-refractivity contribution in [3.63, 3.8) is 0 Å². The van der Waals surface area contributed by atoms with Gasteiger partial charge in [-0.1, -0.05) is 12.1 Å². The number of aromatic hydroxyl groups is 1. The number of hydrogen-bond donors (Lipinski definition) is 1. The third-order valence-electron chi connectivity index (χ3n) is 1.70. The van der Waals surface area contributed by atoms with Crippen molar-refractivity contribution in [3.05, 3.63) is 36.1 Å². The molecule has 2 heteroatoms. The molecule has 0 unspecified atom stereocenters. The van der Waals surface area contributed by atoms with Gasteiger partial charge in [-0.15, -0.1) is 0 Å². The van der Waals surface area contributed by atoms with Gasteiger partial charge in [-0.3, -0.25) is 0 Å². The molecule has 0 aliphatic carbocycles. The number of allylic oxidation sites excluding steroid dienone is 1. The van der Waals surface area contributed by atoms with Gasteiger partial charge in [0.1, 0.15) is 0 Å². The van der Waals surface area contributed by atoms with Gasteiger partial charge in [0.25, 0.3) is 0 Å². The summed E-state index contributed by atoms with van der Waals surface area (Å²) in [5.74, 6) is 0.807. The first-order valence-corrected chi connectivity index (χ1v) is 3.50. The van der Waals surface area contributed by atoms with Crippen molar-refractivity contribution in [2.45, 2.75) is 6.42 Å². The molecule has 1 aliphatic heterocycles. The molecular weight excluding hydrogens is 140 g/mol. The Balaban J connectivity index is 2.54. The molecule has 2 rings (SSSR count). The van der Waals surface area contributed by atoms with E-state index in [0.717, 1.165) is 12.0 Å². The molecule has 1 aliphatic rings. The van der Waals surface area contributed by atoms with Crippen LogP contribution in [0.5, 0.6) is 11.5 Å². The van der Waals surface area contributed by atoms with Crippen molar-refractivity contribution in [1.82, 2.24) is 0 Å². The lowest BCUT2D eigenvalue weighted by molar-refractivity contribution is 0.401. The molecule has 0 spiro atoms. The molecule has 1 aromatic rings. The van der Waals surface area contributed by atoms with Crippen LogP contribution in [0.2, 0.25) is 0 Å². The molecule has 11 heavy (non-hydrogen) atoms. The van der Waals surface area contributed by atoms with E-state index in [4.69, 9.17) is 4.74 Å². The quantitative estimate of drug-likeness (QED) is 0.608. The Morgan fingerprint density at radius 3 is 3.09 bits per heavy atom. The maximum atomic E-state index is 9.30. The van der Waals surface area contributed by atoms with E-state index in [2.05, 4.69) is 0 Å². The molecule has 0 bridgehead atoms. The maximum absolute atomic E-state index is 9.30. The van der Waals surface area contributed by atoms with Crippen molar-refractivity contribution in [2.24, 2.45) is 0 Å². The minimum atomic E-state index is 0.215. The third kappa shape index (κ3) is 0.963. The van der Waals surface area contributed by atoms with Gasteiger partial charge >= 0.3 is 0 Å². The minimum Gasteiger partial charge on any atom is -0.504 e. The number of benzene rings is 1. The maximum Gasteiger partial charge on any atom is 0.171 e. The van der Waals surface area contributed by atoms with Gasteiger partial charge in [-0.2, -0.15) is 0 Å². The van der Waals surface area contributed by atoms with Crippen LogP contribution in [-0.2, 0) is 6.42 Å². The van der Waals surface area contributed by atoms with E-state index in [1.54, 1.807) is 12.3 Å². The van der Waals surface area contributed by atoms with E-state index in [9.17, 15) is 5.11 Å². The normalized spacial score (nSPS) is 13.8. The third-order valence-corrected chi connectivity index (χ3v) is 1.70. The largest absolute Gasteiger partial charge is 0.504 e. The van der Waals surface area contributed by atoms with Gasteiger partial charge in [-0.05, 0) is 18.6 Å². The molecule has 0 atom stereocenters. The highest BCUT2D eigenvalue weighted by Crippen LogP contribution is 2.32. The zero-order chi connectivity index (χ0) is 7.68. The number of phenols is 1. The van der Waals surface area contributed by atoms with Crippen LogP contribution in [0.3, 0.4) is 0 Å². The molecule has 0 saturated heterocycles. The smallest absolute Gasteiger partial charge is 0.171 e. The van der Waals surface area contributed by atoms with Crippen LogP contribution in [0.15, 0.2) is 30.5 Å². The second kappa shape index (κ2) is 2.31. The molecule has 1 N–H and O–H groups in total. The lowest BCUT2D eigenvalue weighted by Crippen LogP contribution is -1.95. The predicted molar refractivity (Wildman–Crippen MR) is 41.6 cm³/mol. The molecular formula is C9H8O2. The van der Waals surface area contributed by atoms with Crippen molar-refractivity contribution in [3.8, 4) is 11.5 Å². The molecule has 2 nitrogen and oxygen atoms in total.